The Morgan fingerprint density at radius 2 is 2.00 bits per heavy atom. The number of carbonyl (C=O) groups is 1. The molecule has 0 spiro atoms. The van der Waals surface area contributed by atoms with E-state index in [1.165, 1.54) is 6.07 Å². The smallest absolute Gasteiger partial charge is 0.337 e. The highest BCUT2D eigenvalue weighted by molar-refractivity contribution is 6.01. The lowest BCUT2D eigenvalue weighted by atomic mass is 9.87. The highest BCUT2D eigenvalue weighted by atomic mass is 16.4. The molecular weight excluding hydrogens is 244 g/mol. The molecule has 2 aromatic rings. The van der Waals surface area contributed by atoms with Crippen molar-refractivity contribution in [3.05, 3.63) is 34.2 Å². The summed E-state index contributed by atoms with van der Waals surface area (Å²) in [7, 11) is 0. The Morgan fingerprint density at radius 3 is 2.53 bits per heavy atom. The summed E-state index contributed by atoms with van der Waals surface area (Å²) in [4.78, 5) is 26.2. The third kappa shape index (κ3) is 2.16. The van der Waals surface area contributed by atoms with Gasteiger partial charge in [-0.15, -0.1) is 0 Å². The largest absolute Gasteiger partial charge is 0.478 e. The minimum Gasteiger partial charge on any atom is -0.478 e. The van der Waals surface area contributed by atoms with E-state index in [1.54, 1.807) is 16.7 Å². The lowest BCUT2D eigenvalue weighted by Crippen LogP contribution is -2.29. The fourth-order valence-electron chi connectivity index (χ4n) is 2.11. The average molecular weight is 262 g/mol. The zero-order valence-corrected chi connectivity index (χ0v) is 11.5. The summed E-state index contributed by atoms with van der Waals surface area (Å²) in [5.41, 5.74) is 0.742. The summed E-state index contributed by atoms with van der Waals surface area (Å²) >= 11 is 0. The van der Waals surface area contributed by atoms with Gasteiger partial charge in [-0.05, 0) is 24.5 Å². The normalized spacial score (nSPS) is 13.7. The molecule has 0 saturated heterocycles. The molecule has 1 unspecified atom stereocenters. The number of benzene rings is 1. The van der Waals surface area contributed by atoms with Crippen LogP contribution in [0.25, 0.3) is 11.0 Å². The van der Waals surface area contributed by atoms with Gasteiger partial charge in [-0.25, -0.2) is 9.59 Å². The van der Waals surface area contributed by atoms with Crippen molar-refractivity contribution in [1.29, 1.82) is 0 Å². The van der Waals surface area contributed by atoms with Crippen molar-refractivity contribution in [1.82, 2.24) is 9.55 Å². The van der Waals surface area contributed by atoms with Crippen LogP contribution in [0, 0.1) is 5.41 Å². The molecule has 19 heavy (non-hydrogen) atoms. The second-order valence-electron chi connectivity index (χ2n) is 5.85. The van der Waals surface area contributed by atoms with Crippen LogP contribution in [0.4, 0.5) is 0 Å². The first-order valence-electron chi connectivity index (χ1n) is 6.20. The van der Waals surface area contributed by atoms with Crippen LogP contribution in [0.15, 0.2) is 23.0 Å². The van der Waals surface area contributed by atoms with Crippen LogP contribution < -0.4 is 5.69 Å². The Labute approximate surface area is 110 Å². The maximum Gasteiger partial charge on any atom is 0.337 e. The van der Waals surface area contributed by atoms with Gasteiger partial charge in [0.15, 0.2) is 0 Å². The van der Waals surface area contributed by atoms with Crippen LogP contribution in [0.2, 0.25) is 0 Å². The molecule has 5 nitrogen and oxygen atoms in total. The lowest BCUT2D eigenvalue weighted by molar-refractivity contribution is 0.0698. The quantitative estimate of drug-likeness (QED) is 0.873. The number of rotatable bonds is 2. The fraction of sp³-hybridized carbons (Fsp3) is 0.429. The summed E-state index contributed by atoms with van der Waals surface area (Å²) in [6, 6.07) is 4.75. The number of nitrogens with zero attached hydrogens (tertiary/aromatic N) is 1. The van der Waals surface area contributed by atoms with Crippen LogP contribution in [-0.2, 0) is 0 Å². The highest BCUT2D eigenvalue weighted by Crippen LogP contribution is 2.31. The monoisotopic (exact) mass is 262 g/mol. The van der Waals surface area contributed by atoms with E-state index in [-0.39, 0.29) is 22.7 Å². The molecule has 1 aromatic heterocycles. The van der Waals surface area contributed by atoms with Crippen LogP contribution in [0.1, 0.15) is 44.1 Å². The zero-order chi connectivity index (χ0) is 14.4. The van der Waals surface area contributed by atoms with Crippen molar-refractivity contribution >= 4 is 17.0 Å². The molecule has 0 fully saturated rings. The highest BCUT2D eigenvalue weighted by Gasteiger charge is 2.26. The van der Waals surface area contributed by atoms with E-state index in [4.69, 9.17) is 0 Å². The van der Waals surface area contributed by atoms with Crippen molar-refractivity contribution in [3.8, 4) is 0 Å². The van der Waals surface area contributed by atoms with Crippen LogP contribution in [0.5, 0.6) is 0 Å². The topological polar surface area (TPSA) is 75.1 Å². The number of nitrogens with one attached hydrogen (secondary N) is 1. The predicted octanol–water partition coefficient (Wildman–Crippen LogP) is 2.63. The Hall–Kier alpha value is -2.04. The van der Waals surface area contributed by atoms with E-state index in [2.05, 4.69) is 4.98 Å². The summed E-state index contributed by atoms with van der Waals surface area (Å²) in [6.45, 7) is 7.98. The SMILES string of the molecule is CC(n1c(=O)[nH]c2cccc(C(=O)O)c21)C(C)(C)C. The maximum absolute atomic E-state index is 12.1. The van der Waals surface area contributed by atoms with Crippen LogP contribution in [-0.4, -0.2) is 20.6 Å². The van der Waals surface area contributed by atoms with Gasteiger partial charge in [0.1, 0.15) is 0 Å². The molecule has 1 aromatic carbocycles. The van der Waals surface area contributed by atoms with Gasteiger partial charge in [0.05, 0.1) is 16.6 Å². The average Bonchev–Trinajstić information content (AvgIpc) is 2.61. The molecule has 0 saturated carbocycles. The number of aromatic carboxylic acids is 1. The Balaban J connectivity index is 2.84. The number of carboxylic acids is 1. The zero-order valence-electron chi connectivity index (χ0n) is 11.5. The molecule has 1 atom stereocenters. The van der Waals surface area contributed by atoms with Gasteiger partial charge < -0.3 is 10.1 Å². The molecule has 102 valence electrons. The van der Waals surface area contributed by atoms with E-state index in [1.807, 2.05) is 27.7 Å². The molecule has 0 bridgehead atoms. The minimum atomic E-state index is -1.03. The van der Waals surface area contributed by atoms with E-state index in [0.29, 0.717) is 11.0 Å². The summed E-state index contributed by atoms with van der Waals surface area (Å²) < 4.78 is 1.54. The number of carboxylic acid groups (broad SMARTS) is 1. The second kappa shape index (κ2) is 4.26. The predicted molar refractivity (Wildman–Crippen MR) is 73.7 cm³/mol. The van der Waals surface area contributed by atoms with Crippen molar-refractivity contribution in [2.45, 2.75) is 33.7 Å². The van der Waals surface area contributed by atoms with Gasteiger partial charge in [0.25, 0.3) is 0 Å². The number of aromatic nitrogens is 2. The van der Waals surface area contributed by atoms with Gasteiger partial charge >= 0.3 is 11.7 Å². The Morgan fingerprint density at radius 1 is 1.37 bits per heavy atom. The van der Waals surface area contributed by atoms with E-state index in [9.17, 15) is 14.7 Å². The molecule has 0 radical (unpaired) electrons. The summed E-state index contributed by atoms with van der Waals surface area (Å²) in [5.74, 6) is -1.03. The first kappa shape index (κ1) is 13.4. The molecule has 0 aliphatic rings. The standard InChI is InChI=1S/C14H18N2O3/c1-8(14(2,3)4)16-11-9(12(17)18)6-5-7-10(11)15-13(16)19/h5-8H,1-4H3,(H,15,19)(H,17,18). The van der Waals surface area contributed by atoms with Gasteiger partial charge in [-0.2, -0.15) is 0 Å². The fourth-order valence-corrected chi connectivity index (χ4v) is 2.11. The second-order valence-corrected chi connectivity index (χ2v) is 5.85. The number of hydrogen-bond donors (Lipinski definition) is 2. The Bertz CT molecular complexity index is 689. The number of imidazole rings is 1. The molecule has 0 aliphatic heterocycles. The third-order valence-corrected chi connectivity index (χ3v) is 3.61. The van der Waals surface area contributed by atoms with Gasteiger partial charge in [-0.3, -0.25) is 4.57 Å². The molecule has 2 N–H and O–H groups in total. The molecular formula is C14H18N2O3. The number of para-hydroxylation sites is 1. The van der Waals surface area contributed by atoms with Gasteiger partial charge in [-0.1, -0.05) is 26.8 Å². The van der Waals surface area contributed by atoms with Crippen molar-refractivity contribution in [3.63, 3.8) is 0 Å². The van der Waals surface area contributed by atoms with Crippen LogP contribution in [0.3, 0.4) is 0 Å². The Kier molecular flexibility index (Phi) is 3.00. The number of aromatic amines is 1. The molecule has 2 rings (SSSR count). The van der Waals surface area contributed by atoms with Gasteiger partial charge in [0.2, 0.25) is 0 Å². The third-order valence-electron chi connectivity index (χ3n) is 3.61. The van der Waals surface area contributed by atoms with E-state index < -0.39 is 5.97 Å². The van der Waals surface area contributed by atoms with Gasteiger partial charge in [0, 0.05) is 6.04 Å². The first-order chi connectivity index (χ1) is 8.73. The lowest BCUT2D eigenvalue weighted by Gasteiger charge is -2.28. The molecule has 5 heteroatoms. The maximum atomic E-state index is 12.1. The summed E-state index contributed by atoms with van der Waals surface area (Å²) in [5, 5.41) is 9.27. The van der Waals surface area contributed by atoms with Crippen molar-refractivity contribution < 1.29 is 9.90 Å². The molecule has 0 amide bonds. The number of hydrogen-bond acceptors (Lipinski definition) is 2. The number of fused-ring (bicyclic) bond motifs is 1. The first-order valence-corrected chi connectivity index (χ1v) is 6.20. The van der Waals surface area contributed by atoms with Crippen molar-refractivity contribution in [2.75, 3.05) is 0 Å². The minimum absolute atomic E-state index is 0.116. The molecule has 0 aliphatic carbocycles. The van der Waals surface area contributed by atoms with Crippen LogP contribution >= 0.6 is 0 Å². The van der Waals surface area contributed by atoms with E-state index in [0.717, 1.165) is 0 Å². The summed E-state index contributed by atoms with van der Waals surface area (Å²) in [6.07, 6.45) is 0. The van der Waals surface area contributed by atoms with Crippen molar-refractivity contribution in [2.24, 2.45) is 5.41 Å². The number of H-pyrrole nitrogens is 1. The van der Waals surface area contributed by atoms with E-state index >= 15 is 0 Å². The molecule has 1 heterocycles.